The van der Waals surface area contributed by atoms with Gasteiger partial charge < -0.3 is 10.5 Å². The molecule has 2 aromatic rings. The molecule has 6 heteroatoms. The molecule has 2 rings (SSSR count). The minimum absolute atomic E-state index is 0.163. The van der Waals surface area contributed by atoms with Crippen LogP contribution in [0, 0.1) is 11.8 Å². The summed E-state index contributed by atoms with van der Waals surface area (Å²) in [5.74, 6) is 6.16. The second-order valence-corrected chi connectivity index (χ2v) is 4.67. The van der Waals surface area contributed by atoms with E-state index in [1.807, 2.05) is 11.4 Å². The molecule has 0 aromatic carbocycles. The van der Waals surface area contributed by atoms with E-state index >= 15 is 0 Å². The summed E-state index contributed by atoms with van der Waals surface area (Å²) in [6.45, 7) is 0.743. The minimum atomic E-state index is -0.163. The van der Waals surface area contributed by atoms with Crippen molar-refractivity contribution in [2.45, 2.75) is 6.54 Å². The second kappa shape index (κ2) is 6.18. The van der Waals surface area contributed by atoms with Crippen molar-refractivity contribution < 1.29 is 4.74 Å². The zero-order valence-electron chi connectivity index (χ0n) is 10.4. The number of ether oxygens (including phenoxy) is 1. The minimum Gasteiger partial charge on any atom is -0.480 e. The van der Waals surface area contributed by atoms with Gasteiger partial charge in [0.05, 0.1) is 20.2 Å². The van der Waals surface area contributed by atoms with Crippen LogP contribution < -0.4 is 16.0 Å². The highest BCUT2D eigenvalue weighted by atomic mass is 32.1. The van der Waals surface area contributed by atoms with E-state index in [0.29, 0.717) is 19.0 Å². The lowest BCUT2D eigenvalue weighted by Crippen LogP contribution is -2.22. The van der Waals surface area contributed by atoms with Crippen LogP contribution in [-0.2, 0) is 6.54 Å². The van der Waals surface area contributed by atoms with E-state index in [1.165, 1.54) is 29.2 Å². The average Bonchev–Trinajstić information content (AvgIpc) is 2.86. The lowest BCUT2D eigenvalue weighted by molar-refractivity contribution is 0.379. The highest BCUT2D eigenvalue weighted by molar-refractivity contribution is 7.10. The van der Waals surface area contributed by atoms with Gasteiger partial charge in [0.25, 0.3) is 5.56 Å². The van der Waals surface area contributed by atoms with Crippen molar-refractivity contribution in [1.82, 2.24) is 9.78 Å². The molecule has 0 unspecified atom stereocenters. The molecule has 2 heterocycles. The Morgan fingerprint density at radius 2 is 2.37 bits per heavy atom. The maximum absolute atomic E-state index is 11.7. The first-order chi connectivity index (χ1) is 9.22. The van der Waals surface area contributed by atoms with Crippen LogP contribution in [-0.4, -0.2) is 23.4 Å². The van der Waals surface area contributed by atoms with Crippen molar-refractivity contribution in [3.05, 3.63) is 44.4 Å². The Morgan fingerprint density at radius 3 is 3.11 bits per heavy atom. The van der Waals surface area contributed by atoms with Crippen molar-refractivity contribution in [1.29, 1.82) is 0 Å². The van der Waals surface area contributed by atoms with Gasteiger partial charge in [-0.3, -0.25) is 4.79 Å². The number of hydrogen-bond donors (Lipinski definition) is 1. The number of nitrogens with two attached hydrogens (primary N) is 1. The first-order valence-corrected chi connectivity index (χ1v) is 6.49. The Bertz CT molecular complexity index is 679. The maximum Gasteiger partial charge on any atom is 0.267 e. The van der Waals surface area contributed by atoms with Crippen LogP contribution in [0.2, 0.25) is 0 Å². The number of thiophene rings is 1. The monoisotopic (exact) mass is 275 g/mol. The molecular formula is C13H13N3O2S. The maximum atomic E-state index is 11.7. The van der Waals surface area contributed by atoms with Crippen LogP contribution >= 0.6 is 11.3 Å². The van der Waals surface area contributed by atoms with E-state index in [9.17, 15) is 4.79 Å². The highest BCUT2D eigenvalue weighted by Gasteiger charge is 2.04. The molecule has 5 nitrogen and oxygen atoms in total. The van der Waals surface area contributed by atoms with Crippen LogP contribution in [0.5, 0.6) is 5.88 Å². The summed E-state index contributed by atoms with van der Waals surface area (Å²) >= 11 is 1.53. The predicted molar refractivity (Wildman–Crippen MR) is 74.4 cm³/mol. The zero-order chi connectivity index (χ0) is 13.7. The third kappa shape index (κ3) is 3.44. The molecule has 0 saturated heterocycles. The van der Waals surface area contributed by atoms with Gasteiger partial charge in [0.2, 0.25) is 5.88 Å². The van der Waals surface area contributed by atoms with Crippen LogP contribution in [0.4, 0.5) is 0 Å². The van der Waals surface area contributed by atoms with Gasteiger partial charge in [-0.25, -0.2) is 4.68 Å². The fraction of sp³-hybridized carbons (Fsp3) is 0.231. The summed E-state index contributed by atoms with van der Waals surface area (Å²) in [4.78, 5) is 12.7. The number of aromatic nitrogens is 2. The molecule has 0 atom stereocenters. The standard InChI is InChI=1S/C13H13N3O2S/c1-18-12-4-5-13(17)16(15-12)8-11-7-10(9-19-11)3-2-6-14/h4-5,7,9H,6,8,14H2,1H3. The van der Waals surface area contributed by atoms with Crippen LogP contribution in [0.1, 0.15) is 10.4 Å². The van der Waals surface area contributed by atoms with Gasteiger partial charge in [0.1, 0.15) is 0 Å². The Labute approximate surface area is 114 Å². The summed E-state index contributed by atoms with van der Waals surface area (Å²) in [6, 6.07) is 4.92. The summed E-state index contributed by atoms with van der Waals surface area (Å²) in [5.41, 5.74) is 6.06. The fourth-order valence-electron chi connectivity index (χ4n) is 1.48. The first kappa shape index (κ1) is 13.3. The molecule has 0 aliphatic carbocycles. The third-order valence-electron chi connectivity index (χ3n) is 2.35. The summed E-state index contributed by atoms with van der Waals surface area (Å²) in [5, 5.41) is 6.02. The van der Waals surface area contributed by atoms with Crippen molar-refractivity contribution in [3.8, 4) is 17.7 Å². The second-order valence-electron chi connectivity index (χ2n) is 3.68. The molecule has 0 amide bonds. The molecule has 0 radical (unpaired) electrons. The SMILES string of the molecule is COc1ccc(=O)n(Cc2cc(C#CCN)cs2)n1. The summed E-state index contributed by atoms with van der Waals surface area (Å²) in [7, 11) is 1.52. The van der Waals surface area contributed by atoms with E-state index in [1.54, 1.807) is 6.07 Å². The number of methoxy groups -OCH3 is 1. The average molecular weight is 275 g/mol. The number of nitrogens with zero attached hydrogens (tertiary/aromatic N) is 2. The molecule has 2 N–H and O–H groups in total. The third-order valence-corrected chi connectivity index (χ3v) is 3.27. The van der Waals surface area contributed by atoms with Gasteiger partial charge in [-0.15, -0.1) is 16.4 Å². The predicted octanol–water partition coefficient (Wildman–Crippen LogP) is 0.672. The van der Waals surface area contributed by atoms with E-state index in [-0.39, 0.29) is 5.56 Å². The quantitative estimate of drug-likeness (QED) is 0.836. The Morgan fingerprint density at radius 1 is 1.53 bits per heavy atom. The molecule has 0 bridgehead atoms. The fourth-order valence-corrected chi connectivity index (χ4v) is 2.28. The molecule has 0 spiro atoms. The Hall–Kier alpha value is -2.10. The van der Waals surface area contributed by atoms with Gasteiger partial charge in [-0.2, -0.15) is 0 Å². The van der Waals surface area contributed by atoms with Crippen LogP contribution in [0.3, 0.4) is 0 Å². The molecule has 19 heavy (non-hydrogen) atoms. The Balaban J connectivity index is 2.21. The molecule has 0 fully saturated rings. The summed E-state index contributed by atoms with van der Waals surface area (Å²) < 4.78 is 6.37. The van der Waals surface area contributed by atoms with E-state index in [4.69, 9.17) is 10.5 Å². The van der Waals surface area contributed by atoms with Crippen molar-refractivity contribution in [2.75, 3.05) is 13.7 Å². The van der Waals surface area contributed by atoms with Crippen molar-refractivity contribution in [2.24, 2.45) is 5.73 Å². The number of hydrogen-bond acceptors (Lipinski definition) is 5. The van der Waals surface area contributed by atoms with E-state index in [2.05, 4.69) is 16.9 Å². The lowest BCUT2D eigenvalue weighted by atomic mass is 10.3. The van der Waals surface area contributed by atoms with Crippen molar-refractivity contribution in [3.63, 3.8) is 0 Å². The van der Waals surface area contributed by atoms with Gasteiger partial charge in [0, 0.05) is 28.0 Å². The lowest BCUT2D eigenvalue weighted by Gasteiger charge is -2.04. The molecule has 2 aromatic heterocycles. The van der Waals surface area contributed by atoms with Gasteiger partial charge >= 0.3 is 0 Å². The van der Waals surface area contributed by atoms with Crippen molar-refractivity contribution >= 4 is 11.3 Å². The largest absolute Gasteiger partial charge is 0.480 e. The zero-order valence-corrected chi connectivity index (χ0v) is 11.2. The molecular weight excluding hydrogens is 262 g/mol. The Kier molecular flexibility index (Phi) is 4.34. The van der Waals surface area contributed by atoms with Crippen LogP contribution in [0.15, 0.2) is 28.4 Å². The van der Waals surface area contributed by atoms with Gasteiger partial charge in [-0.1, -0.05) is 11.8 Å². The number of rotatable bonds is 3. The molecule has 0 saturated carbocycles. The molecule has 98 valence electrons. The molecule has 0 aliphatic heterocycles. The van der Waals surface area contributed by atoms with Crippen LogP contribution in [0.25, 0.3) is 0 Å². The van der Waals surface area contributed by atoms with Gasteiger partial charge in [0.15, 0.2) is 0 Å². The highest BCUT2D eigenvalue weighted by Crippen LogP contribution is 2.14. The smallest absolute Gasteiger partial charge is 0.267 e. The first-order valence-electron chi connectivity index (χ1n) is 5.61. The topological polar surface area (TPSA) is 70.1 Å². The van der Waals surface area contributed by atoms with Gasteiger partial charge in [-0.05, 0) is 6.07 Å². The summed E-state index contributed by atoms with van der Waals surface area (Å²) in [6.07, 6.45) is 0. The molecule has 0 aliphatic rings. The van der Waals surface area contributed by atoms with E-state index < -0.39 is 0 Å². The normalized spacial score (nSPS) is 9.79. The van der Waals surface area contributed by atoms with E-state index in [0.717, 1.165) is 10.4 Å².